The Hall–Kier alpha value is -5.37. The summed E-state index contributed by atoms with van der Waals surface area (Å²) in [4.78, 5) is 57.0. The first kappa shape index (κ1) is 25.6. The van der Waals surface area contributed by atoms with Crippen molar-refractivity contribution in [1.82, 2.24) is 0 Å². The van der Waals surface area contributed by atoms with E-state index in [2.05, 4.69) is 0 Å². The summed E-state index contributed by atoms with van der Waals surface area (Å²) in [7, 11) is 1.53. The number of anilines is 1. The maximum atomic E-state index is 14.7. The fourth-order valence-electron chi connectivity index (χ4n) is 7.07. The van der Waals surface area contributed by atoms with Crippen LogP contribution < -0.4 is 9.64 Å². The number of non-ortho nitro benzene ring substituents is 1. The summed E-state index contributed by atoms with van der Waals surface area (Å²) in [5.41, 5.74) is 1.02. The maximum absolute atomic E-state index is 14.7. The molecule has 8 nitrogen and oxygen atoms in total. The number of fused-ring (bicyclic) bond motifs is 5. The lowest BCUT2D eigenvalue weighted by atomic mass is 9.64. The molecule has 1 spiro atoms. The second-order valence-corrected chi connectivity index (χ2v) is 10.7. The molecule has 3 aliphatic rings. The second kappa shape index (κ2) is 9.34. The fourth-order valence-corrected chi connectivity index (χ4v) is 7.07. The Kier molecular flexibility index (Phi) is 5.69. The van der Waals surface area contributed by atoms with Gasteiger partial charge in [-0.1, -0.05) is 78.9 Å². The van der Waals surface area contributed by atoms with E-state index in [4.69, 9.17) is 4.74 Å². The number of hydrogen-bond acceptors (Lipinski definition) is 7. The first-order valence-corrected chi connectivity index (χ1v) is 13.5. The quantitative estimate of drug-likeness (QED) is 0.130. The highest BCUT2D eigenvalue weighted by molar-refractivity contribution is 6.32. The number of para-hydroxylation sites is 1. The van der Waals surface area contributed by atoms with Gasteiger partial charge in [0.1, 0.15) is 17.2 Å². The summed E-state index contributed by atoms with van der Waals surface area (Å²) in [6.07, 6.45) is 3.74. The van der Waals surface area contributed by atoms with Gasteiger partial charge >= 0.3 is 0 Å². The lowest BCUT2D eigenvalue weighted by Crippen LogP contribution is -2.48. The van der Waals surface area contributed by atoms with Crippen molar-refractivity contribution in [1.29, 1.82) is 0 Å². The SMILES string of the molecule is COc1cccc([C@H]2[C@H](C(=O)c3cccc([N+](=O)[O-])c3)N3c4ccccc4C=C[C@H]3C23C(=O)c2ccccc2C3=O)c1. The third kappa shape index (κ3) is 3.38. The maximum Gasteiger partial charge on any atom is 0.270 e. The van der Waals surface area contributed by atoms with Crippen molar-refractivity contribution >= 4 is 34.8 Å². The number of ether oxygens (including phenoxy) is 1. The molecule has 1 fully saturated rings. The smallest absolute Gasteiger partial charge is 0.270 e. The predicted molar refractivity (Wildman–Crippen MR) is 156 cm³/mol. The van der Waals surface area contributed by atoms with Crippen LogP contribution in [0.15, 0.2) is 103 Å². The third-order valence-electron chi connectivity index (χ3n) is 8.78. The minimum Gasteiger partial charge on any atom is -0.497 e. The van der Waals surface area contributed by atoms with E-state index < -0.39 is 34.1 Å². The van der Waals surface area contributed by atoms with Gasteiger partial charge in [-0.05, 0) is 29.3 Å². The highest BCUT2D eigenvalue weighted by Crippen LogP contribution is 2.61. The van der Waals surface area contributed by atoms with Gasteiger partial charge in [-0.2, -0.15) is 0 Å². The highest BCUT2D eigenvalue weighted by Gasteiger charge is 2.71. The van der Waals surface area contributed by atoms with Gasteiger partial charge in [-0.25, -0.2) is 0 Å². The molecule has 8 heteroatoms. The standard InChI is InChI=1S/C34H24N2O6/c1-42-24-12-7-9-21(19-24)29-30(31(37)22-10-6-11-23(18-22)36(40)41)35-27-15-5-2-8-20(27)16-17-28(35)34(29)32(38)25-13-3-4-14-26(25)33(34)39/h2-19,28-30H,1H3/t28-,29-,30+/m0/s1. The van der Waals surface area contributed by atoms with E-state index in [1.807, 2.05) is 41.3 Å². The number of carbonyl (C=O) groups excluding carboxylic acids is 3. The summed E-state index contributed by atoms with van der Waals surface area (Å²) >= 11 is 0. The van der Waals surface area contributed by atoms with Gasteiger partial charge in [-0.15, -0.1) is 0 Å². The molecule has 0 saturated carbocycles. The van der Waals surface area contributed by atoms with Crippen molar-refractivity contribution in [3.8, 4) is 5.75 Å². The zero-order valence-corrected chi connectivity index (χ0v) is 22.5. The van der Waals surface area contributed by atoms with Gasteiger partial charge in [0.2, 0.25) is 0 Å². The van der Waals surface area contributed by atoms with Crippen molar-refractivity contribution in [3.63, 3.8) is 0 Å². The van der Waals surface area contributed by atoms with E-state index >= 15 is 0 Å². The Bertz CT molecular complexity index is 1830. The summed E-state index contributed by atoms with van der Waals surface area (Å²) in [6, 6.07) is 25.2. The van der Waals surface area contributed by atoms with Crippen molar-refractivity contribution in [2.75, 3.05) is 12.0 Å². The molecule has 0 aromatic heterocycles. The molecule has 4 aromatic rings. The third-order valence-corrected chi connectivity index (χ3v) is 8.78. The lowest BCUT2D eigenvalue weighted by Gasteiger charge is -2.37. The molecule has 206 valence electrons. The Morgan fingerprint density at radius 1 is 0.881 bits per heavy atom. The van der Waals surface area contributed by atoms with Gasteiger partial charge < -0.3 is 9.64 Å². The highest BCUT2D eigenvalue weighted by atomic mass is 16.6. The molecule has 0 unspecified atom stereocenters. The molecule has 0 bridgehead atoms. The van der Waals surface area contributed by atoms with Crippen molar-refractivity contribution in [3.05, 3.63) is 141 Å². The van der Waals surface area contributed by atoms with Crippen LogP contribution in [0.3, 0.4) is 0 Å². The van der Waals surface area contributed by atoms with E-state index in [0.717, 1.165) is 5.56 Å². The number of rotatable bonds is 5. The van der Waals surface area contributed by atoms with Gasteiger partial charge in [0.15, 0.2) is 17.3 Å². The first-order chi connectivity index (χ1) is 20.4. The average Bonchev–Trinajstić information content (AvgIpc) is 3.47. The molecule has 0 radical (unpaired) electrons. The van der Waals surface area contributed by atoms with Crippen LogP contribution in [-0.4, -0.2) is 41.5 Å². The van der Waals surface area contributed by atoms with Crippen LogP contribution in [0.4, 0.5) is 11.4 Å². The number of nitrogens with zero attached hydrogens (tertiary/aromatic N) is 2. The van der Waals surface area contributed by atoms with E-state index in [1.54, 1.807) is 48.5 Å². The van der Waals surface area contributed by atoms with Gasteiger partial charge in [0.05, 0.1) is 18.1 Å². The second-order valence-electron chi connectivity index (χ2n) is 10.7. The number of hydrogen-bond donors (Lipinski definition) is 0. The van der Waals surface area contributed by atoms with E-state index in [0.29, 0.717) is 28.1 Å². The summed E-state index contributed by atoms with van der Waals surface area (Å²) in [5.74, 6) is -1.53. The molecule has 1 saturated heterocycles. The van der Waals surface area contributed by atoms with Crippen LogP contribution in [0, 0.1) is 15.5 Å². The summed E-state index contributed by atoms with van der Waals surface area (Å²) < 4.78 is 5.52. The Morgan fingerprint density at radius 2 is 1.57 bits per heavy atom. The molecule has 1 aliphatic carbocycles. The molecule has 0 N–H and O–H groups in total. The molecule has 2 aliphatic heterocycles. The van der Waals surface area contributed by atoms with E-state index in [-0.39, 0.29) is 22.8 Å². The van der Waals surface area contributed by atoms with Crippen LogP contribution in [0.1, 0.15) is 48.1 Å². The average molecular weight is 557 g/mol. The Labute approximate surface area is 241 Å². The minimum atomic E-state index is -1.67. The fraction of sp³-hybridized carbons (Fsp3) is 0.147. The first-order valence-electron chi connectivity index (χ1n) is 13.5. The Morgan fingerprint density at radius 3 is 2.29 bits per heavy atom. The van der Waals surface area contributed by atoms with Crippen LogP contribution >= 0.6 is 0 Å². The molecule has 2 heterocycles. The van der Waals surface area contributed by atoms with E-state index in [9.17, 15) is 24.5 Å². The topological polar surface area (TPSA) is 107 Å². The molecule has 0 amide bonds. The van der Waals surface area contributed by atoms with Crippen LogP contribution in [-0.2, 0) is 0 Å². The number of nitro groups is 1. The molecule has 3 atom stereocenters. The van der Waals surface area contributed by atoms with Crippen molar-refractivity contribution in [2.24, 2.45) is 5.41 Å². The molecular weight excluding hydrogens is 532 g/mol. The molecule has 4 aromatic carbocycles. The summed E-state index contributed by atoms with van der Waals surface area (Å²) in [5, 5.41) is 11.6. The number of methoxy groups -OCH3 is 1. The zero-order valence-electron chi connectivity index (χ0n) is 22.5. The normalized spacial score (nSPS) is 21.2. The number of carbonyl (C=O) groups is 3. The lowest BCUT2D eigenvalue weighted by molar-refractivity contribution is -0.384. The number of nitro benzene ring substituents is 1. The molecular formula is C34H24N2O6. The van der Waals surface area contributed by atoms with E-state index in [1.165, 1.54) is 31.4 Å². The van der Waals surface area contributed by atoms with Crippen LogP contribution in [0.5, 0.6) is 5.75 Å². The predicted octanol–water partition coefficient (Wildman–Crippen LogP) is 5.92. The monoisotopic (exact) mass is 556 g/mol. The molecule has 7 rings (SSSR count). The Balaban J connectivity index is 1.54. The summed E-state index contributed by atoms with van der Waals surface area (Å²) in [6.45, 7) is 0. The molecule has 42 heavy (non-hydrogen) atoms. The van der Waals surface area contributed by atoms with Crippen molar-refractivity contribution in [2.45, 2.75) is 18.0 Å². The zero-order chi connectivity index (χ0) is 29.2. The van der Waals surface area contributed by atoms with Gasteiger partial charge in [0, 0.05) is 40.4 Å². The van der Waals surface area contributed by atoms with Gasteiger partial charge in [-0.3, -0.25) is 24.5 Å². The van der Waals surface area contributed by atoms with Gasteiger partial charge in [0.25, 0.3) is 5.69 Å². The van der Waals surface area contributed by atoms with Crippen LogP contribution in [0.2, 0.25) is 0 Å². The minimum absolute atomic E-state index is 0.125. The number of Topliss-reactive ketones (excluding diaryl/α,β-unsaturated/α-hetero) is 3. The van der Waals surface area contributed by atoms with Crippen LogP contribution in [0.25, 0.3) is 6.08 Å². The van der Waals surface area contributed by atoms with Crippen molar-refractivity contribution < 1.29 is 24.0 Å². The largest absolute Gasteiger partial charge is 0.497 e. The number of benzene rings is 4. The number of ketones is 3.